The third-order valence-corrected chi connectivity index (χ3v) is 11.9. The van der Waals surface area contributed by atoms with Gasteiger partial charge in [0.1, 0.15) is 48.3 Å². The Kier molecular flexibility index (Phi) is 12.1. The smallest absolute Gasteiger partial charge is 0.341 e. The molecule has 21 heteroatoms. The minimum atomic E-state index is -3.00. The second kappa shape index (κ2) is 16.4. The van der Waals surface area contributed by atoms with Gasteiger partial charge in [-0.15, -0.1) is 0 Å². The Morgan fingerprint density at radius 3 is 2.00 bits per heavy atom. The predicted octanol–water partition coefficient (Wildman–Crippen LogP) is 0.864. The van der Waals surface area contributed by atoms with Gasteiger partial charge >= 0.3 is 47.8 Å². The van der Waals surface area contributed by atoms with Crippen molar-refractivity contribution < 1.29 is 95.6 Å². The van der Waals surface area contributed by atoms with Crippen LogP contribution in [0.3, 0.4) is 0 Å². The number of rotatable bonds is 8. The summed E-state index contributed by atoms with van der Waals surface area (Å²) in [4.78, 5) is 113. The van der Waals surface area contributed by atoms with Crippen LogP contribution < -0.4 is 0 Å². The zero-order valence-electron chi connectivity index (χ0n) is 35.0. The highest BCUT2D eigenvalue weighted by Gasteiger charge is 2.92. The summed E-state index contributed by atoms with van der Waals surface area (Å²) in [6, 6.07) is 3.99. The maximum atomic E-state index is 14.4. The van der Waals surface area contributed by atoms with Crippen LogP contribution in [0.4, 0.5) is 0 Å². The van der Waals surface area contributed by atoms with Crippen LogP contribution >= 0.6 is 0 Å². The minimum Gasteiger partial charge on any atom is -0.472 e. The predicted molar refractivity (Wildman–Crippen MR) is 199 cm³/mol. The van der Waals surface area contributed by atoms with Crippen molar-refractivity contribution in [3.63, 3.8) is 0 Å². The number of hydrogen-bond donors (Lipinski definition) is 2. The van der Waals surface area contributed by atoms with E-state index in [1.165, 1.54) is 31.3 Å². The number of aromatic nitrogens is 1. The van der Waals surface area contributed by atoms with E-state index in [1.807, 2.05) is 0 Å². The average Bonchev–Trinajstić information content (AvgIpc) is 3.79. The first-order chi connectivity index (χ1) is 28.9. The maximum Gasteiger partial charge on any atom is 0.341 e. The van der Waals surface area contributed by atoms with E-state index in [-0.39, 0.29) is 23.2 Å². The van der Waals surface area contributed by atoms with Crippen molar-refractivity contribution in [2.24, 2.45) is 11.3 Å². The molecule has 1 spiro atoms. The van der Waals surface area contributed by atoms with E-state index >= 15 is 0 Å². The molecule has 1 saturated heterocycles. The highest BCUT2D eigenvalue weighted by atomic mass is 16.7. The summed E-state index contributed by atoms with van der Waals surface area (Å²) in [6.07, 6.45) is -10.1. The number of furan rings is 1. The fraction of sp³-hybridized carbons (Fsp3) is 0.585. The molecule has 2 saturated carbocycles. The SMILES string of the molecule is CC(=O)OC[C@]12[C@H](OC(C)=O)[C@H](OC(C)=O)[C@@H]3[C@@H](OC(C)=O)[C@@]14O[C@@]3(C)COC(=O)c1cccnc1CC[C@@](C)(O)C(=O)O[C@@H]([C@H](OC(=O)c1ccoc1)[C@@H]2OC(C)=O)[C@]4(C)O. The Morgan fingerprint density at radius 2 is 1.42 bits per heavy atom. The molecular weight excluding hydrogens is 826 g/mol. The van der Waals surface area contributed by atoms with Crippen LogP contribution in [-0.4, -0.2) is 135 Å². The fourth-order valence-electron chi connectivity index (χ4n) is 9.53. The van der Waals surface area contributed by atoms with E-state index in [1.54, 1.807) is 0 Å². The van der Waals surface area contributed by atoms with E-state index in [9.17, 15) is 48.6 Å². The molecule has 62 heavy (non-hydrogen) atoms. The average molecular weight is 874 g/mol. The number of nitrogens with zero attached hydrogens (tertiary/aromatic N) is 1. The summed E-state index contributed by atoms with van der Waals surface area (Å²) in [5, 5.41) is 25.3. The van der Waals surface area contributed by atoms with E-state index in [4.69, 9.17) is 47.0 Å². The molecule has 4 aliphatic rings. The fourth-order valence-corrected chi connectivity index (χ4v) is 9.53. The van der Waals surface area contributed by atoms with Gasteiger partial charge < -0.3 is 57.3 Å². The summed E-state index contributed by atoms with van der Waals surface area (Å²) < 4.78 is 59.6. The second-order valence-electron chi connectivity index (χ2n) is 16.4. The van der Waals surface area contributed by atoms with Gasteiger partial charge in [0.2, 0.25) is 0 Å². The van der Waals surface area contributed by atoms with Crippen LogP contribution in [0.1, 0.15) is 88.2 Å². The van der Waals surface area contributed by atoms with Crippen LogP contribution in [0.5, 0.6) is 0 Å². The summed E-state index contributed by atoms with van der Waals surface area (Å²) in [5.74, 6) is -10.7. The zero-order valence-corrected chi connectivity index (χ0v) is 35.0. The van der Waals surface area contributed by atoms with Crippen LogP contribution in [0, 0.1) is 11.3 Å². The number of aryl methyl sites for hydroxylation is 1. The van der Waals surface area contributed by atoms with Gasteiger partial charge in [-0.3, -0.25) is 29.0 Å². The van der Waals surface area contributed by atoms with Gasteiger partial charge in [-0.1, -0.05) is 0 Å². The van der Waals surface area contributed by atoms with Crippen LogP contribution in [0.2, 0.25) is 0 Å². The molecule has 2 aromatic rings. The molecule has 0 radical (unpaired) electrons. The topological polar surface area (TPSA) is 286 Å². The van der Waals surface area contributed by atoms with Gasteiger partial charge in [-0.25, -0.2) is 14.4 Å². The molecule has 0 aromatic carbocycles. The Balaban J connectivity index is 1.79. The number of fused-ring (bicyclic) bond motifs is 5. The van der Waals surface area contributed by atoms with Crippen molar-refractivity contribution >= 4 is 47.8 Å². The molecule has 3 fully saturated rings. The molecule has 2 aliphatic heterocycles. The molecule has 0 unspecified atom stereocenters. The van der Waals surface area contributed by atoms with E-state index in [0.29, 0.717) is 0 Å². The van der Waals surface area contributed by atoms with Gasteiger partial charge in [0.25, 0.3) is 0 Å². The second-order valence-corrected chi connectivity index (χ2v) is 16.4. The maximum absolute atomic E-state index is 14.4. The lowest BCUT2D eigenvalue weighted by molar-refractivity contribution is -0.386. The van der Waals surface area contributed by atoms with E-state index in [2.05, 4.69) is 4.98 Å². The van der Waals surface area contributed by atoms with Crippen molar-refractivity contribution in [2.75, 3.05) is 13.2 Å². The third-order valence-electron chi connectivity index (χ3n) is 11.9. The van der Waals surface area contributed by atoms with Crippen molar-refractivity contribution in [2.45, 2.75) is 127 Å². The molecule has 21 nitrogen and oxygen atoms in total. The molecule has 2 aromatic heterocycles. The Morgan fingerprint density at radius 1 is 0.806 bits per heavy atom. The molecule has 2 aliphatic carbocycles. The Bertz CT molecular complexity index is 2150. The van der Waals surface area contributed by atoms with Gasteiger partial charge in [0, 0.05) is 40.8 Å². The van der Waals surface area contributed by atoms with Gasteiger partial charge in [0.05, 0.1) is 29.0 Å². The number of hydrogen-bond acceptors (Lipinski definition) is 21. The molecule has 336 valence electrons. The quantitative estimate of drug-likeness (QED) is 0.275. The van der Waals surface area contributed by atoms with Crippen molar-refractivity contribution in [1.29, 1.82) is 0 Å². The van der Waals surface area contributed by atoms with Crippen LogP contribution in [0.25, 0.3) is 0 Å². The van der Waals surface area contributed by atoms with Crippen molar-refractivity contribution in [1.82, 2.24) is 4.98 Å². The van der Waals surface area contributed by atoms with Crippen LogP contribution in [-0.2, 0) is 77.8 Å². The first-order valence-electron chi connectivity index (χ1n) is 19.5. The van der Waals surface area contributed by atoms with Crippen molar-refractivity contribution in [3.8, 4) is 0 Å². The Labute approximate surface area is 353 Å². The summed E-state index contributed by atoms with van der Waals surface area (Å²) in [7, 11) is 0. The zero-order chi connectivity index (χ0) is 45.7. The first kappa shape index (κ1) is 45.6. The molecular formula is C41H47NO20. The molecule has 4 bridgehead atoms. The van der Waals surface area contributed by atoms with Gasteiger partial charge in [-0.05, 0) is 51.8 Å². The highest BCUT2D eigenvalue weighted by molar-refractivity contribution is 5.91. The molecule has 0 amide bonds. The molecule has 6 rings (SSSR count). The first-order valence-corrected chi connectivity index (χ1v) is 19.5. The standard InChI is InChI=1S/C41H47NO20/c1-19(43)54-18-40-32(58-22(4)46)28(56-20(2)44)27-30(57-21(3)45)41(40)39(8,52)31(29(33(40)59-23(5)47)60-34(48)24-12-15-53-16-24)61-36(50)37(6,51)13-11-26-25(10-9-14-42-26)35(49)55-17-38(27,7)62-41/h9-10,12,14-16,27-33,51-52H,11,13,17-18H2,1-8H3/t27-,28-,29+,30-,31+,32-,33+,37-,38+,39+,40-,41+/m1/s1. The van der Waals surface area contributed by atoms with Crippen molar-refractivity contribution in [3.05, 3.63) is 53.7 Å². The number of esters is 8. The lowest BCUT2D eigenvalue weighted by Gasteiger charge is -2.67. The number of aliphatic hydroxyl groups is 2. The van der Waals surface area contributed by atoms with Gasteiger partial charge in [0.15, 0.2) is 35.6 Å². The van der Waals surface area contributed by atoms with E-state index in [0.717, 1.165) is 61.0 Å². The lowest BCUT2D eigenvalue weighted by Crippen LogP contribution is -2.89. The largest absolute Gasteiger partial charge is 0.472 e. The number of ether oxygens (including phenoxy) is 9. The Hall–Kier alpha value is -5.93. The minimum absolute atomic E-state index is 0.0776. The number of carbonyl (C=O) groups excluding carboxylic acids is 8. The van der Waals surface area contributed by atoms with Gasteiger partial charge in [-0.2, -0.15) is 0 Å². The molecule has 4 heterocycles. The monoisotopic (exact) mass is 873 g/mol. The summed E-state index contributed by atoms with van der Waals surface area (Å²) in [6.45, 7) is 6.25. The number of cyclic esters (lactones) is 1. The summed E-state index contributed by atoms with van der Waals surface area (Å²) in [5.41, 5.74) is -13.5. The molecule has 2 N–H and O–H groups in total. The lowest BCUT2D eigenvalue weighted by atomic mass is 9.45. The highest BCUT2D eigenvalue weighted by Crippen LogP contribution is 2.70. The number of pyridine rings is 1. The van der Waals surface area contributed by atoms with Crippen LogP contribution in [0.15, 0.2) is 41.3 Å². The molecule has 12 atom stereocenters. The normalized spacial score (nSPS) is 36.3. The summed E-state index contributed by atoms with van der Waals surface area (Å²) >= 11 is 0. The number of carbonyl (C=O) groups is 8. The van der Waals surface area contributed by atoms with E-state index < -0.39 is 138 Å². The third kappa shape index (κ3) is 7.54.